The van der Waals surface area contributed by atoms with E-state index in [2.05, 4.69) is 15.6 Å². The summed E-state index contributed by atoms with van der Waals surface area (Å²) in [6, 6.07) is 2.51. The lowest BCUT2D eigenvalue weighted by molar-refractivity contribution is -0.119. The van der Waals surface area contributed by atoms with Crippen molar-refractivity contribution >= 4 is 17.5 Å². The molecule has 114 valence electrons. The highest BCUT2D eigenvalue weighted by molar-refractivity contribution is 6.29. The molecule has 1 aromatic rings. The Labute approximate surface area is 129 Å². The predicted molar refractivity (Wildman–Crippen MR) is 80.6 cm³/mol. The Morgan fingerprint density at radius 3 is 3.05 bits per heavy atom. The number of nitrogens with zero attached hydrogens (tertiary/aromatic N) is 1. The molecule has 0 unspecified atom stereocenters. The molecule has 6 heteroatoms. The third-order valence-corrected chi connectivity index (χ3v) is 4.48. The van der Waals surface area contributed by atoms with Crippen LogP contribution in [0, 0.1) is 0 Å². The van der Waals surface area contributed by atoms with Gasteiger partial charge in [-0.1, -0.05) is 11.6 Å². The molecule has 0 spiro atoms. The van der Waals surface area contributed by atoms with E-state index in [0.717, 1.165) is 37.8 Å². The van der Waals surface area contributed by atoms with E-state index < -0.39 is 0 Å². The number of fused-ring (bicyclic) bond motifs is 1. The molecule has 1 aromatic heterocycles. The number of aryl methyl sites for hydroxylation is 1. The van der Waals surface area contributed by atoms with E-state index in [9.17, 15) is 4.79 Å². The maximum Gasteiger partial charge on any atom is 0.220 e. The zero-order valence-electron chi connectivity index (χ0n) is 12.1. The van der Waals surface area contributed by atoms with Gasteiger partial charge < -0.3 is 15.4 Å². The molecule has 0 bridgehead atoms. The van der Waals surface area contributed by atoms with Gasteiger partial charge in [-0.2, -0.15) is 0 Å². The maximum absolute atomic E-state index is 11.2. The van der Waals surface area contributed by atoms with Crippen molar-refractivity contribution < 1.29 is 9.53 Å². The van der Waals surface area contributed by atoms with Crippen LogP contribution in [0.5, 0.6) is 5.88 Å². The minimum atomic E-state index is 0.173. The molecule has 21 heavy (non-hydrogen) atoms. The van der Waals surface area contributed by atoms with Crippen molar-refractivity contribution in [3.63, 3.8) is 0 Å². The average molecular weight is 310 g/mol. The third kappa shape index (κ3) is 3.14. The van der Waals surface area contributed by atoms with Crippen LogP contribution in [-0.4, -0.2) is 30.6 Å². The lowest BCUT2D eigenvalue weighted by Gasteiger charge is -2.17. The van der Waals surface area contributed by atoms with Crippen LogP contribution in [0.2, 0.25) is 5.15 Å². The van der Waals surface area contributed by atoms with Gasteiger partial charge in [-0.15, -0.1) is 0 Å². The molecule has 2 N–H and O–H groups in total. The molecule has 1 amide bonds. The summed E-state index contributed by atoms with van der Waals surface area (Å²) in [5.41, 5.74) is 2.36. The summed E-state index contributed by atoms with van der Waals surface area (Å²) in [5, 5.41) is 7.04. The average Bonchev–Trinajstić information content (AvgIpc) is 3.05. The first-order chi connectivity index (χ1) is 10.2. The molecule has 1 saturated heterocycles. The largest absolute Gasteiger partial charge is 0.481 e. The summed E-state index contributed by atoms with van der Waals surface area (Å²) < 4.78 is 5.37. The van der Waals surface area contributed by atoms with Gasteiger partial charge in [-0.25, -0.2) is 4.98 Å². The van der Waals surface area contributed by atoms with Gasteiger partial charge in [0.1, 0.15) is 5.15 Å². The number of hydrogen-bond donors (Lipinski definition) is 2. The van der Waals surface area contributed by atoms with Crippen LogP contribution in [-0.2, 0) is 11.2 Å². The molecule has 1 aliphatic heterocycles. The summed E-state index contributed by atoms with van der Waals surface area (Å²) in [4.78, 5) is 15.4. The minimum Gasteiger partial charge on any atom is -0.481 e. The molecule has 2 aliphatic rings. The van der Waals surface area contributed by atoms with Crippen LogP contribution in [0.1, 0.15) is 42.9 Å². The molecule has 2 heterocycles. The molecular weight excluding hydrogens is 290 g/mol. The fraction of sp³-hybridized carbons (Fsp3) is 0.600. The number of rotatable bonds is 5. The number of carbonyl (C=O) groups excluding carboxylic acids is 1. The van der Waals surface area contributed by atoms with Gasteiger partial charge in [0, 0.05) is 24.1 Å². The maximum atomic E-state index is 11.2. The molecule has 3 rings (SSSR count). The van der Waals surface area contributed by atoms with Crippen molar-refractivity contribution in [1.29, 1.82) is 0 Å². The lowest BCUT2D eigenvalue weighted by atomic mass is 10.1. The Morgan fingerprint density at radius 2 is 2.33 bits per heavy atom. The number of halogens is 1. The van der Waals surface area contributed by atoms with E-state index in [1.807, 2.05) is 6.07 Å². The SMILES string of the molecule is COc1nc(Cl)cc2c1[C@@H](NCC[C@@H]1CCC(=O)N1)CC2. The van der Waals surface area contributed by atoms with E-state index in [1.54, 1.807) is 7.11 Å². The van der Waals surface area contributed by atoms with Crippen LogP contribution in [0.4, 0.5) is 0 Å². The Balaban J connectivity index is 1.60. The smallest absolute Gasteiger partial charge is 0.220 e. The normalized spacial score (nSPS) is 24.0. The first kappa shape index (κ1) is 14.6. The second-order valence-electron chi connectivity index (χ2n) is 5.66. The lowest BCUT2D eigenvalue weighted by Crippen LogP contribution is -2.30. The number of hydrogen-bond acceptors (Lipinski definition) is 4. The summed E-state index contributed by atoms with van der Waals surface area (Å²) in [7, 11) is 1.63. The van der Waals surface area contributed by atoms with Gasteiger partial charge in [0.05, 0.1) is 7.11 Å². The Hall–Kier alpha value is -1.33. The zero-order valence-corrected chi connectivity index (χ0v) is 12.9. The first-order valence-electron chi connectivity index (χ1n) is 7.43. The Bertz CT molecular complexity index is 550. The van der Waals surface area contributed by atoms with Crippen LogP contribution < -0.4 is 15.4 Å². The van der Waals surface area contributed by atoms with E-state index in [-0.39, 0.29) is 11.9 Å². The van der Waals surface area contributed by atoms with Crippen molar-refractivity contribution in [1.82, 2.24) is 15.6 Å². The highest BCUT2D eigenvalue weighted by Gasteiger charge is 2.28. The van der Waals surface area contributed by atoms with Crippen LogP contribution in [0.3, 0.4) is 0 Å². The topological polar surface area (TPSA) is 63.2 Å². The summed E-state index contributed by atoms with van der Waals surface area (Å²) >= 11 is 6.01. The van der Waals surface area contributed by atoms with E-state index in [0.29, 0.717) is 23.5 Å². The van der Waals surface area contributed by atoms with Gasteiger partial charge in [0.15, 0.2) is 0 Å². The van der Waals surface area contributed by atoms with E-state index >= 15 is 0 Å². The van der Waals surface area contributed by atoms with Crippen molar-refractivity contribution in [2.45, 2.75) is 44.2 Å². The second-order valence-corrected chi connectivity index (χ2v) is 6.05. The highest BCUT2D eigenvalue weighted by atomic mass is 35.5. The van der Waals surface area contributed by atoms with Crippen molar-refractivity contribution in [2.24, 2.45) is 0 Å². The molecule has 0 saturated carbocycles. The zero-order chi connectivity index (χ0) is 14.8. The number of amides is 1. The van der Waals surface area contributed by atoms with E-state index in [4.69, 9.17) is 16.3 Å². The predicted octanol–water partition coefficient (Wildman–Crippen LogP) is 1.99. The van der Waals surface area contributed by atoms with Crippen LogP contribution >= 0.6 is 11.6 Å². The number of nitrogens with one attached hydrogen (secondary N) is 2. The van der Waals surface area contributed by atoms with Crippen molar-refractivity contribution in [3.05, 3.63) is 22.3 Å². The molecule has 5 nitrogen and oxygen atoms in total. The standard InChI is InChI=1S/C15H20ClN3O2/c1-21-15-14-9(8-12(16)19-15)2-4-11(14)17-7-6-10-3-5-13(20)18-10/h8,10-11,17H,2-7H2,1H3,(H,18,20)/t10-,11-/m0/s1. The first-order valence-corrected chi connectivity index (χ1v) is 7.81. The van der Waals surface area contributed by atoms with Crippen molar-refractivity contribution in [2.75, 3.05) is 13.7 Å². The molecule has 2 atom stereocenters. The highest BCUT2D eigenvalue weighted by Crippen LogP contribution is 2.38. The summed E-state index contributed by atoms with van der Waals surface area (Å²) in [6.07, 6.45) is 4.59. The number of aromatic nitrogens is 1. The molecule has 1 aliphatic carbocycles. The van der Waals surface area contributed by atoms with Crippen LogP contribution in [0.15, 0.2) is 6.07 Å². The molecule has 1 fully saturated rings. The molecule has 0 radical (unpaired) electrons. The number of ether oxygens (including phenoxy) is 1. The van der Waals surface area contributed by atoms with Gasteiger partial charge in [0.2, 0.25) is 11.8 Å². The van der Waals surface area contributed by atoms with Crippen LogP contribution in [0.25, 0.3) is 0 Å². The van der Waals surface area contributed by atoms with Gasteiger partial charge in [-0.05, 0) is 43.9 Å². The molecule has 0 aromatic carbocycles. The van der Waals surface area contributed by atoms with Gasteiger partial charge >= 0.3 is 0 Å². The third-order valence-electron chi connectivity index (χ3n) is 4.29. The Kier molecular flexibility index (Phi) is 4.31. The quantitative estimate of drug-likeness (QED) is 0.817. The van der Waals surface area contributed by atoms with Gasteiger partial charge in [-0.3, -0.25) is 4.79 Å². The number of methoxy groups -OCH3 is 1. The molecular formula is C15H20ClN3O2. The van der Waals surface area contributed by atoms with Crippen molar-refractivity contribution in [3.8, 4) is 5.88 Å². The summed E-state index contributed by atoms with van der Waals surface area (Å²) in [5.74, 6) is 0.799. The number of pyridine rings is 1. The number of carbonyl (C=O) groups is 1. The monoisotopic (exact) mass is 309 g/mol. The Morgan fingerprint density at radius 1 is 1.48 bits per heavy atom. The van der Waals surface area contributed by atoms with E-state index in [1.165, 1.54) is 5.56 Å². The fourth-order valence-electron chi connectivity index (χ4n) is 3.26. The fourth-order valence-corrected chi connectivity index (χ4v) is 3.47. The summed E-state index contributed by atoms with van der Waals surface area (Å²) in [6.45, 7) is 0.876. The van der Waals surface area contributed by atoms with Gasteiger partial charge in [0.25, 0.3) is 0 Å². The minimum absolute atomic E-state index is 0.173. The second kappa shape index (κ2) is 6.20.